The number of aromatic amines is 1. The van der Waals surface area contributed by atoms with Crippen LogP contribution in [-0.4, -0.2) is 96.7 Å². The zero-order chi connectivity index (χ0) is 34.7. The van der Waals surface area contributed by atoms with Gasteiger partial charge in [0.15, 0.2) is 16.8 Å². The molecule has 47 heavy (non-hydrogen) atoms. The van der Waals surface area contributed by atoms with Gasteiger partial charge in [-0.05, 0) is 11.4 Å². The summed E-state index contributed by atoms with van der Waals surface area (Å²) in [7, 11) is -14.5. The molecule has 3 aromatic rings. The molecule has 0 bridgehead atoms. The fraction of sp³-hybridized carbons (Fsp3) is 0.450. The lowest BCUT2D eigenvalue weighted by molar-refractivity contribution is -0.139. The third-order valence-corrected chi connectivity index (χ3v) is 11.1. The first-order valence-corrected chi connectivity index (χ1v) is 18.5. The number of amides is 1. The Balaban J connectivity index is 1.56. The van der Waals surface area contributed by atoms with Gasteiger partial charge in [-0.25, -0.2) is 23.7 Å². The third-order valence-electron chi connectivity index (χ3n) is 6.07. The number of methoxy groups -OCH3 is 2. The Morgan fingerprint density at radius 2 is 1.89 bits per heavy atom. The number of nitrogens with two attached hydrogens (primary N) is 1. The van der Waals surface area contributed by atoms with Gasteiger partial charge in [0.1, 0.15) is 36.1 Å². The smallest absolute Gasteiger partial charge is 0.469 e. The Hall–Kier alpha value is -2.50. The average Bonchev–Trinajstić information content (AvgIpc) is 3.65. The van der Waals surface area contributed by atoms with Crippen molar-refractivity contribution in [2.24, 2.45) is 0 Å². The van der Waals surface area contributed by atoms with Gasteiger partial charge in [0.25, 0.3) is 0 Å². The molecule has 3 aromatic heterocycles. The van der Waals surface area contributed by atoms with Crippen LogP contribution in [0.5, 0.6) is 0 Å². The molecule has 0 aromatic carbocycles. The van der Waals surface area contributed by atoms with Crippen LogP contribution < -0.4 is 11.1 Å². The highest BCUT2D eigenvalue weighted by Gasteiger charge is 2.49. The molecule has 6 atom stereocenters. The van der Waals surface area contributed by atoms with E-state index in [1.165, 1.54) is 36.5 Å². The van der Waals surface area contributed by atoms with E-state index in [2.05, 4.69) is 33.6 Å². The molecule has 8 N–H and O–H groups in total. The number of nitrogens with zero attached hydrogens (tertiary/aromatic N) is 3. The van der Waals surface area contributed by atoms with Crippen molar-refractivity contribution in [1.29, 1.82) is 0 Å². The lowest BCUT2D eigenvalue weighted by atomic mass is 10.1. The van der Waals surface area contributed by atoms with Crippen LogP contribution in [0.1, 0.15) is 11.1 Å². The first-order chi connectivity index (χ1) is 21.9. The second kappa shape index (κ2) is 14.9. The minimum absolute atomic E-state index is 0.0515. The first-order valence-electron chi connectivity index (χ1n) is 12.7. The van der Waals surface area contributed by atoms with Gasteiger partial charge in [0.2, 0.25) is 5.91 Å². The van der Waals surface area contributed by atoms with Crippen molar-refractivity contribution in [3.05, 3.63) is 27.3 Å². The average molecular weight is 765 g/mol. The van der Waals surface area contributed by atoms with Crippen molar-refractivity contribution in [1.82, 2.24) is 19.5 Å². The number of phosphoric ester groups is 1. The number of carbonyl (C=O) groups is 2. The molecule has 27 heteroatoms. The molecule has 1 aliphatic rings. The SMILES string of the molecule is COC(=O)Cc1sccc1NC(=O)COC1C(COP(=O)(O)OP(=O)(O)OP(=O)(O)O)OC(n2cnc3c(=S)nc(N)[nH]c32)C1OC. The minimum atomic E-state index is -5.81. The maximum absolute atomic E-state index is 12.9. The van der Waals surface area contributed by atoms with Crippen LogP contribution in [-0.2, 0) is 61.8 Å². The molecule has 4 rings (SSSR count). The predicted molar refractivity (Wildman–Crippen MR) is 160 cm³/mol. The van der Waals surface area contributed by atoms with E-state index in [0.717, 1.165) is 0 Å². The molecule has 4 heterocycles. The molecule has 0 aliphatic carbocycles. The van der Waals surface area contributed by atoms with Crippen molar-refractivity contribution >= 4 is 81.7 Å². The van der Waals surface area contributed by atoms with E-state index in [1.54, 1.807) is 11.4 Å². The maximum Gasteiger partial charge on any atom is 0.490 e. The molecular formula is C20H27N6O16P3S2. The number of thiophene rings is 1. The molecule has 1 saturated heterocycles. The van der Waals surface area contributed by atoms with Gasteiger partial charge in [0.05, 0.1) is 32.2 Å². The number of carbonyl (C=O) groups excluding carboxylic acids is 2. The number of H-pyrrole nitrogens is 1. The van der Waals surface area contributed by atoms with Crippen LogP contribution >= 0.6 is 47.0 Å². The number of aromatic nitrogens is 4. The van der Waals surface area contributed by atoms with Crippen molar-refractivity contribution < 1.29 is 75.0 Å². The zero-order valence-electron chi connectivity index (χ0n) is 23.9. The summed E-state index contributed by atoms with van der Waals surface area (Å²) in [6, 6.07) is 1.56. The molecule has 1 fully saturated rings. The third kappa shape index (κ3) is 9.79. The lowest BCUT2D eigenvalue weighted by Gasteiger charge is -2.24. The zero-order valence-corrected chi connectivity index (χ0v) is 28.2. The number of nitrogen functional groups attached to an aromatic ring is 1. The van der Waals surface area contributed by atoms with E-state index in [1.807, 2.05) is 0 Å². The number of nitrogens with one attached hydrogen (secondary N) is 2. The highest BCUT2D eigenvalue weighted by atomic mass is 32.1. The van der Waals surface area contributed by atoms with E-state index >= 15 is 0 Å². The van der Waals surface area contributed by atoms with E-state index in [9.17, 15) is 33.1 Å². The molecular weight excluding hydrogens is 737 g/mol. The number of phosphoric acid groups is 3. The summed E-state index contributed by atoms with van der Waals surface area (Å²) in [5.74, 6) is -1.28. The fourth-order valence-corrected chi connectivity index (χ4v) is 8.38. The van der Waals surface area contributed by atoms with Gasteiger partial charge in [0, 0.05) is 12.0 Å². The number of hydrogen-bond acceptors (Lipinski definition) is 17. The van der Waals surface area contributed by atoms with Crippen LogP contribution in [0.3, 0.4) is 0 Å². The summed E-state index contributed by atoms with van der Waals surface area (Å²) in [6.45, 7) is -1.59. The normalized spacial score (nSPS) is 22.5. The van der Waals surface area contributed by atoms with Gasteiger partial charge in [-0.15, -0.1) is 11.3 Å². The van der Waals surface area contributed by atoms with E-state index in [-0.39, 0.29) is 28.2 Å². The Bertz CT molecular complexity index is 1830. The highest BCUT2D eigenvalue weighted by Crippen LogP contribution is 2.66. The summed E-state index contributed by atoms with van der Waals surface area (Å²) >= 11 is 6.40. The molecule has 0 radical (unpaired) electrons. The van der Waals surface area contributed by atoms with Gasteiger partial charge in [-0.2, -0.15) is 8.62 Å². The van der Waals surface area contributed by atoms with Crippen molar-refractivity contribution in [3.63, 3.8) is 0 Å². The monoisotopic (exact) mass is 764 g/mol. The van der Waals surface area contributed by atoms with E-state index in [0.29, 0.717) is 10.6 Å². The largest absolute Gasteiger partial charge is 0.490 e. The van der Waals surface area contributed by atoms with Gasteiger partial charge >= 0.3 is 29.4 Å². The number of ether oxygens (including phenoxy) is 4. The fourth-order valence-electron chi connectivity index (χ4n) is 4.29. The number of fused-ring (bicyclic) bond motifs is 1. The second-order valence-corrected chi connectivity index (χ2v) is 15.1. The number of anilines is 2. The van der Waals surface area contributed by atoms with Crippen LogP contribution in [0, 0.1) is 4.64 Å². The predicted octanol–water partition coefficient (Wildman–Crippen LogP) is 1.13. The first kappa shape index (κ1) is 37.3. The Morgan fingerprint density at radius 3 is 2.55 bits per heavy atom. The summed E-state index contributed by atoms with van der Waals surface area (Å²) in [5.41, 5.74) is 6.58. The minimum Gasteiger partial charge on any atom is -0.469 e. The molecule has 6 unspecified atom stereocenters. The molecule has 1 amide bonds. The van der Waals surface area contributed by atoms with Gasteiger partial charge in [-0.1, -0.05) is 12.2 Å². The number of hydrogen-bond donors (Lipinski definition) is 7. The lowest BCUT2D eigenvalue weighted by Crippen LogP contribution is -2.39. The summed E-state index contributed by atoms with van der Waals surface area (Å²) in [5, 5.41) is 4.25. The van der Waals surface area contributed by atoms with Crippen molar-refractivity contribution in [3.8, 4) is 0 Å². The molecule has 1 aliphatic heterocycles. The summed E-state index contributed by atoms with van der Waals surface area (Å²) < 4.78 is 70.9. The summed E-state index contributed by atoms with van der Waals surface area (Å²) in [6.07, 6.45) is -3.74. The second-order valence-electron chi connectivity index (χ2n) is 9.26. The number of esters is 1. The molecule has 260 valence electrons. The van der Waals surface area contributed by atoms with E-state index in [4.69, 9.17) is 46.5 Å². The van der Waals surface area contributed by atoms with E-state index < -0.39 is 73.1 Å². The highest BCUT2D eigenvalue weighted by molar-refractivity contribution is 7.71. The van der Waals surface area contributed by atoms with Crippen LogP contribution in [0.2, 0.25) is 0 Å². The molecule has 22 nitrogen and oxygen atoms in total. The standard InChI is InChI=1S/C20H27N6O16P3S2/c1-36-13(28)5-11-9(3-4-47-11)23-12(27)7-38-15-10(6-39-44(32,33)42-45(34,35)41-43(29,30)31)40-19(16(15)37-2)26-8-22-14-17(26)24-20(21)25-18(14)46/h3-4,8,10,15-16,19H,5-7H2,1-2H3,(H,23,27)(H,32,33)(H,34,35)(H2,29,30,31)(H3,21,24,25,46). The maximum atomic E-state index is 12.9. The Kier molecular flexibility index (Phi) is 11.9. The van der Waals surface area contributed by atoms with Gasteiger partial charge in [-0.3, -0.25) is 18.7 Å². The van der Waals surface area contributed by atoms with Crippen LogP contribution in [0.25, 0.3) is 11.2 Å². The van der Waals surface area contributed by atoms with Crippen molar-refractivity contribution in [2.45, 2.75) is 31.0 Å². The number of rotatable bonds is 15. The Morgan fingerprint density at radius 1 is 1.17 bits per heavy atom. The van der Waals surface area contributed by atoms with Crippen molar-refractivity contribution in [2.75, 3.05) is 38.5 Å². The molecule has 0 spiro atoms. The topological polar surface area (TPSA) is 315 Å². The quantitative estimate of drug-likeness (QED) is 0.0648. The summed E-state index contributed by atoms with van der Waals surface area (Å²) in [4.78, 5) is 73.0. The Labute approximate surface area is 272 Å². The van der Waals surface area contributed by atoms with Gasteiger partial charge < -0.3 is 54.6 Å². The van der Waals surface area contributed by atoms with Crippen LogP contribution in [0.4, 0.5) is 11.6 Å². The number of imidazole rings is 1. The van der Waals surface area contributed by atoms with Crippen LogP contribution in [0.15, 0.2) is 17.8 Å². The molecule has 0 saturated carbocycles.